The maximum absolute atomic E-state index is 5.65. The highest BCUT2D eigenvalue weighted by Crippen LogP contribution is 2.24. The Morgan fingerprint density at radius 3 is 2.71 bits per heavy atom. The van der Waals surface area contributed by atoms with Gasteiger partial charge in [0.2, 0.25) is 11.6 Å². The summed E-state index contributed by atoms with van der Waals surface area (Å²) in [6, 6.07) is 11.6. The molecule has 0 amide bonds. The largest absolute Gasteiger partial charge is 0.418 e. The van der Waals surface area contributed by atoms with E-state index in [9.17, 15) is 0 Å². The quantitative estimate of drug-likeness (QED) is 0.727. The summed E-state index contributed by atoms with van der Waals surface area (Å²) in [5.41, 5.74) is 8.82. The van der Waals surface area contributed by atoms with Crippen molar-refractivity contribution < 1.29 is 4.42 Å². The van der Waals surface area contributed by atoms with Crippen LogP contribution in [-0.2, 0) is 6.54 Å². The Morgan fingerprint density at radius 2 is 1.94 bits per heavy atom. The van der Waals surface area contributed by atoms with Crippen molar-refractivity contribution in [3.05, 3.63) is 48.2 Å². The maximum atomic E-state index is 5.65. The van der Waals surface area contributed by atoms with Crippen LogP contribution in [0.15, 0.2) is 47.0 Å². The minimum atomic E-state index is 0.430. The fraction of sp³-hybridized carbons (Fsp3) is 0.0769. The lowest BCUT2D eigenvalue weighted by atomic mass is 10.2. The average molecular weight is 225 g/mol. The molecule has 4 heteroatoms. The fourth-order valence-corrected chi connectivity index (χ4v) is 1.75. The molecule has 0 aliphatic carbocycles. The van der Waals surface area contributed by atoms with E-state index in [2.05, 4.69) is 9.97 Å². The zero-order valence-electron chi connectivity index (χ0n) is 9.13. The molecule has 0 saturated carbocycles. The predicted octanol–water partition coefficient (Wildman–Crippen LogP) is 2.35. The Bertz CT molecular complexity index is 646. The molecule has 0 aliphatic rings. The highest BCUT2D eigenvalue weighted by molar-refractivity contribution is 5.75. The van der Waals surface area contributed by atoms with Crippen LogP contribution < -0.4 is 5.73 Å². The molecule has 1 aromatic carbocycles. The standard InChI is InChI=1S/C13H11N3O/c14-8-10-6-7-15-13-11(10)16-12(17-13)9-4-2-1-3-5-9/h1-7H,8,14H2. The third-order valence-electron chi connectivity index (χ3n) is 2.62. The molecular weight excluding hydrogens is 214 g/mol. The van der Waals surface area contributed by atoms with E-state index >= 15 is 0 Å². The number of hydrogen-bond acceptors (Lipinski definition) is 4. The number of rotatable bonds is 2. The van der Waals surface area contributed by atoms with Gasteiger partial charge in [0.15, 0.2) is 0 Å². The summed E-state index contributed by atoms with van der Waals surface area (Å²) in [6.07, 6.45) is 1.68. The Labute approximate surface area is 98.1 Å². The van der Waals surface area contributed by atoms with Gasteiger partial charge in [-0.2, -0.15) is 0 Å². The van der Waals surface area contributed by atoms with Gasteiger partial charge in [0.1, 0.15) is 5.52 Å². The highest BCUT2D eigenvalue weighted by Gasteiger charge is 2.11. The van der Waals surface area contributed by atoms with Gasteiger partial charge in [0, 0.05) is 18.3 Å². The first-order valence-electron chi connectivity index (χ1n) is 5.38. The van der Waals surface area contributed by atoms with E-state index in [4.69, 9.17) is 10.2 Å². The number of aromatic nitrogens is 2. The number of nitrogens with two attached hydrogens (primary N) is 1. The molecule has 0 unspecified atom stereocenters. The topological polar surface area (TPSA) is 64.9 Å². The number of oxazole rings is 1. The number of fused-ring (bicyclic) bond motifs is 1. The Balaban J connectivity index is 2.20. The maximum Gasteiger partial charge on any atom is 0.247 e. The summed E-state index contributed by atoms with van der Waals surface area (Å²) >= 11 is 0. The van der Waals surface area contributed by atoms with Crippen LogP contribution in [0.3, 0.4) is 0 Å². The number of nitrogens with zero attached hydrogens (tertiary/aromatic N) is 2. The van der Waals surface area contributed by atoms with Crippen LogP contribution in [0.25, 0.3) is 22.7 Å². The third kappa shape index (κ3) is 1.68. The van der Waals surface area contributed by atoms with E-state index in [0.29, 0.717) is 18.1 Å². The van der Waals surface area contributed by atoms with Crippen LogP contribution >= 0.6 is 0 Å². The summed E-state index contributed by atoms with van der Waals surface area (Å²) in [6.45, 7) is 0.430. The first kappa shape index (κ1) is 9.99. The number of hydrogen-bond donors (Lipinski definition) is 1. The van der Waals surface area contributed by atoms with Crippen molar-refractivity contribution in [3.8, 4) is 11.5 Å². The minimum absolute atomic E-state index is 0.430. The molecule has 2 N–H and O–H groups in total. The van der Waals surface area contributed by atoms with Gasteiger partial charge in [-0.1, -0.05) is 18.2 Å². The van der Waals surface area contributed by atoms with Gasteiger partial charge in [-0.3, -0.25) is 0 Å². The molecule has 2 heterocycles. The molecule has 0 fully saturated rings. The SMILES string of the molecule is NCc1ccnc2oc(-c3ccccc3)nc12. The van der Waals surface area contributed by atoms with Crippen molar-refractivity contribution in [2.75, 3.05) is 0 Å². The van der Waals surface area contributed by atoms with Gasteiger partial charge in [-0.15, -0.1) is 0 Å². The van der Waals surface area contributed by atoms with Gasteiger partial charge in [-0.25, -0.2) is 9.97 Å². The molecule has 0 saturated heterocycles. The minimum Gasteiger partial charge on any atom is -0.418 e. The monoisotopic (exact) mass is 225 g/mol. The molecule has 0 spiro atoms. The molecule has 0 aliphatic heterocycles. The molecular formula is C13H11N3O. The van der Waals surface area contributed by atoms with Gasteiger partial charge >= 0.3 is 0 Å². The van der Waals surface area contributed by atoms with Crippen molar-refractivity contribution >= 4 is 11.2 Å². The van der Waals surface area contributed by atoms with Crippen molar-refractivity contribution in [1.82, 2.24) is 9.97 Å². The van der Waals surface area contributed by atoms with Crippen molar-refractivity contribution in [1.29, 1.82) is 0 Å². The van der Waals surface area contributed by atoms with Gasteiger partial charge in [0.25, 0.3) is 0 Å². The van der Waals surface area contributed by atoms with E-state index in [1.54, 1.807) is 6.20 Å². The summed E-state index contributed by atoms with van der Waals surface area (Å²) in [7, 11) is 0. The Hall–Kier alpha value is -2.20. The van der Waals surface area contributed by atoms with Gasteiger partial charge in [0.05, 0.1) is 0 Å². The van der Waals surface area contributed by atoms with E-state index in [1.807, 2.05) is 36.4 Å². The molecule has 0 atom stereocenters. The van der Waals surface area contributed by atoms with Crippen molar-refractivity contribution in [2.45, 2.75) is 6.54 Å². The lowest BCUT2D eigenvalue weighted by Crippen LogP contribution is -1.97. The van der Waals surface area contributed by atoms with E-state index in [-0.39, 0.29) is 0 Å². The molecule has 4 nitrogen and oxygen atoms in total. The van der Waals surface area contributed by atoms with Crippen LogP contribution in [0, 0.1) is 0 Å². The molecule has 3 aromatic rings. The first-order chi connectivity index (χ1) is 8.38. The molecule has 17 heavy (non-hydrogen) atoms. The second kappa shape index (κ2) is 3.99. The normalized spacial score (nSPS) is 10.9. The van der Waals surface area contributed by atoms with E-state index in [0.717, 1.165) is 16.6 Å². The summed E-state index contributed by atoms with van der Waals surface area (Å²) in [4.78, 5) is 8.60. The summed E-state index contributed by atoms with van der Waals surface area (Å²) < 4.78 is 5.62. The average Bonchev–Trinajstić information content (AvgIpc) is 2.83. The van der Waals surface area contributed by atoms with Crippen LogP contribution in [0.4, 0.5) is 0 Å². The second-order valence-corrected chi connectivity index (χ2v) is 3.71. The van der Waals surface area contributed by atoms with Crippen LogP contribution in [0.2, 0.25) is 0 Å². The lowest BCUT2D eigenvalue weighted by Gasteiger charge is -1.93. The van der Waals surface area contributed by atoms with Crippen molar-refractivity contribution in [2.24, 2.45) is 5.73 Å². The fourth-order valence-electron chi connectivity index (χ4n) is 1.75. The summed E-state index contributed by atoms with van der Waals surface area (Å²) in [5, 5.41) is 0. The zero-order chi connectivity index (χ0) is 11.7. The lowest BCUT2D eigenvalue weighted by molar-refractivity contribution is 0.608. The van der Waals surface area contributed by atoms with E-state index < -0.39 is 0 Å². The van der Waals surface area contributed by atoms with Crippen LogP contribution in [-0.4, -0.2) is 9.97 Å². The molecule has 0 radical (unpaired) electrons. The first-order valence-corrected chi connectivity index (χ1v) is 5.38. The predicted molar refractivity (Wildman–Crippen MR) is 65.1 cm³/mol. The van der Waals surface area contributed by atoms with Crippen LogP contribution in [0.5, 0.6) is 0 Å². The molecule has 0 bridgehead atoms. The molecule has 2 aromatic heterocycles. The Morgan fingerprint density at radius 1 is 1.12 bits per heavy atom. The number of pyridine rings is 1. The van der Waals surface area contributed by atoms with Gasteiger partial charge < -0.3 is 10.2 Å². The van der Waals surface area contributed by atoms with Crippen LogP contribution in [0.1, 0.15) is 5.56 Å². The third-order valence-corrected chi connectivity index (χ3v) is 2.62. The van der Waals surface area contributed by atoms with E-state index in [1.165, 1.54) is 0 Å². The smallest absolute Gasteiger partial charge is 0.247 e. The van der Waals surface area contributed by atoms with Crippen molar-refractivity contribution in [3.63, 3.8) is 0 Å². The number of benzene rings is 1. The second-order valence-electron chi connectivity index (χ2n) is 3.71. The molecule has 84 valence electrons. The van der Waals surface area contributed by atoms with Gasteiger partial charge in [-0.05, 0) is 23.8 Å². The zero-order valence-corrected chi connectivity index (χ0v) is 9.13. The summed E-state index contributed by atoms with van der Waals surface area (Å²) in [5.74, 6) is 0.578. The highest BCUT2D eigenvalue weighted by atomic mass is 16.4. The Kier molecular flexibility index (Phi) is 2.34. The molecule has 3 rings (SSSR count).